The Morgan fingerprint density at radius 3 is 2.08 bits per heavy atom. The molecule has 5 nitrogen and oxygen atoms in total. The summed E-state index contributed by atoms with van der Waals surface area (Å²) in [5, 5.41) is 0.153. The molecular weight excluding hydrogens is 504 g/mol. The highest BCUT2D eigenvalue weighted by atomic mass is 28.4. The normalized spacial score (nSPS) is 12.7. The number of hydrogen-bond acceptors (Lipinski definition) is 5. The predicted octanol–water partition coefficient (Wildman–Crippen LogP) is 8.09. The fraction of sp³-hybridized carbons (Fsp3) is 0.424. The van der Waals surface area contributed by atoms with Crippen LogP contribution in [-0.4, -0.2) is 41.0 Å². The van der Waals surface area contributed by atoms with Crippen LogP contribution in [-0.2, 0) is 15.8 Å². The zero-order valence-electron chi connectivity index (χ0n) is 25.0. The molecule has 1 atom stereocenters. The molecule has 210 valence electrons. The molecule has 3 aromatic rings. The molecule has 0 spiro atoms. The third-order valence-corrected chi connectivity index (χ3v) is 12.3. The molecule has 0 N–H and O–H groups in total. The first-order valence-electron chi connectivity index (χ1n) is 13.5. The summed E-state index contributed by atoms with van der Waals surface area (Å²) in [5.41, 5.74) is 7.65. The SMILES string of the molecule is CO[C@H](COc1cc(C)c(-c2cccc(COc3ccc(C=O)cc3)c2C)c(C)c1)CO[Si](C)(C)C(C)(C)C. The topological polar surface area (TPSA) is 54.0 Å². The number of hydrogen-bond donors (Lipinski definition) is 0. The summed E-state index contributed by atoms with van der Waals surface area (Å²) < 4.78 is 24.2. The molecule has 0 amide bonds. The smallest absolute Gasteiger partial charge is 0.192 e. The fourth-order valence-electron chi connectivity index (χ4n) is 4.24. The third kappa shape index (κ3) is 7.81. The minimum Gasteiger partial charge on any atom is -0.491 e. The fourth-order valence-corrected chi connectivity index (χ4v) is 5.27. The molecule has 0 radical (unpaired) electrons. The van der Waals surface area contributed by atoms with E-state index in [1.165, 1.54) is 16.7 Å². The Balaban J connectivity index is 1.71. The van der Waals surface area contributed by atoms with Gasteiger partial charge in [0.1, 0.15) is 37.1 Å². The van der Waals surface area contributed by atoms with Gasteiger partial charge in [-0.15, -0.1) is 0 Å². The van der Waals surface area contributed by atoms with E-state index in [0.29, 0.717) is 25.4 Å². The van der Waals surface area contributed by atoms with Gasteiger partial charge in [0.25, 0.3) is 0 Å². The molecule has 3 rings (SSSR count). The number of carbonyl (C=O) groups excluding carboxylic acids is 1. The van der Waals surface area contributed by atoms with Crippen molar-refractivity contribution in [1.82, 2.24) is 0 Å². The lowest BCUT2D eigenvalue weighted by Crippen LogP contribution is -2.43. The molecule has 0 aliphatic heterocycles. The monoisotopic (exact) mass is 548 g/mol. The summed E-state index contributed by atoms with van der Waals surface area (Å²) in [6.45, 7) is 19.0. The molecule has 3 aromatic carbocycles. The highest BCUT2D eigenvalue weighted by molar-refractivity contribution is 6.74. The molecule has 0 heterocycles. The molecule has 0 aromatic heterocycles. The van der Waals surface area contributed by atoms with Gasteiger partial charge >= 0.3 is 0 Å². The molecule has 0 unspecified atom stereocenters. The summed E-state index contributed by atoms with van der Waals surface area (Å²) in [4.78, 5) is 10.9. The summed E-state index contributed by atoms with van der Waals surface area (Å²) in [6.07, 6.45) is 0.701. The van der Waals surface area contributed by atoms with Crippen molar-refractivity contribution in [2.75, 3.05) is 20.3 Å². The van der Waals surface area contributed by atoms with Crippen molar-refractivity contribution in [3.05, 3.63) is 82.4 Å². The van der Waals surface area contributed by atoms with E-state index < -0.39 is 8.32 Å². The van der Waals surface area contributed by atoms with Crippen LogP contribution in [0.2, 0.25) is 18.1 Å². The van der Waals surface area contributed by atoms with Crippen molar-refractivity contribution in [3.8, 4) is 22.6 Å². The molecule has 0 saturated carbocycles. The molecule has 6 heteroatoms. The first-order valence-corrected chi connectivity index (χ1v) is 16.4. The summed E-state index contributed by atoms with van der Waals surface area (Å²) in [7, 11) is -0.141. The minimum absolute atomic E-state index is 0.131. The van der Waals surface area contributed by atoms with Crippen molar-refractivity contribution in [3.63, 3.8) is 0 Å². The van der Waals surface area contributed by atoms with Crippen LogP contribution in [0.15, 0.2) is 54.6 Å². The van der Waals surface area contributed by atoms with Crippen LogP contribution < -0.4 is 9.47 Å². The van der Waals surface area contributed by atoms with Crippen LogP contribution in [0, 0.1) is 20.8 Å². The second kappa shape index (κ2) is 12.9. The molecule has 0 aliphatic carbocycles. The Bertz CT molecular complexity index is 1240. The van der Waals surface area contributed by atoms with Gasteiger partial charge in [-0.3, -0.25) is 4.79 Å². The van der Waals surface area contributed by atoms with Gasteiger partial charge in [-0.2, -0.15) is 0 Å². The van der Waals surface area contributed by atoms with E-state index in [2.05, 4.69) is 85.0 Å². The van der Waals surface area contributed by atoms with Crippen LogP contribution in [0.4, 0.5) is 0 Å². The highest BCUT2D eigenvalue weighted by Gasteiger charge is 2.37. The maximum Gasteiger partial charge on any atom is 0.192 e. The summed E-state index contributed by atoms with van der Waals surface area (Å²) in [6, 6.07) is 17.7. The highest BCUT2D eigenvalue weighted by Crippen LogP contribution is 2.37. The summed E-state index contributed by atoms with van der Waals surface area (Å²) >= 11 is 0. The van der Waals surface area contributed by atoms with Gasteiger partial charge in [-0.25, -0.2) is 0 Å². The maximum absolute atomic E-state index is 10.9. The summed E-state index contributed by atoms with van der Waals surface area (Å²) in [5.74, 6) is 1.57. The average Bonchev–Trinajstić information content (AvgIpc) is 2.88. The second-order valence-electron chi connectivity index (χ2n) is 11.7. The number of aldehydes is 1. The quantitative estimate of drug-likeness (QED) is 0.169. The van der Waals surface area contributed by atoms with Crippen molar-refractivity contribution in [1.29, 1.82) is 0 Å². The largest absolute Gasteiger partial charge is 0.491 e. The number of ether oxygens (including phenoxy) is 3. The van der Waals surface area contributed by atoms with Crippen LogP contribution in [0.3, 0.4) is 0 Å². The Morgan fingerprint density at radius 1 is 0.872 bits per heavy atom. The van der Waals surface area contributed by atoms with Crippen LogP contribution in [0.1, 0.15) is 53.4 Å². The van der Waals surface area contributed by atoms with Crippen molar-refractivity contribution in [2.24, 2.45) is 0 Å². The van der Waals surface area contributed by atoms with E-state index in [4.69, 9.17) is 18.6 Å². The molecule has 0 fully saturated rings. The van der Waals surface area contributed by atoms with Gasteiger partial charge in [-0.05, 0) is 109 Å². The first kappa shape index (κ1) is 30.6. The van der Waals surface area contributed by atoms with Gasteiger partial charge in [-0.1, -0.05) is 39.0 Å². The second-order valence-corrected chi connectivity index (χ2v) is 16.5. The minimum atomic E-state index is -1.85. The number of methoxy groups -OCH3 is 1. The molecular formula is C33H44O5Si. The lowest BCUT2D eigenvalue weighted by atomic mass is 9.90. The number of aryl methyl sites for hydroxylation is 2. The Morgan fingerprint density at radius 2 is 1.51 bits per heavy atom. The Labute approximate surface area is 235 Å². The van der Waals surface area contributed by atoms with Crippen LogP contribution >= 0.6 is 0 Å². The Kier molecular flexibility index (Phi) is 10.2. The number of carbonyl (C=O) groups is 1. The first-order chi connectivity index (χ1) is 18.4. The van der Waals surface area contributed by atoms with Crippen molar-refractivity contribution in [2.45, 2.75) is 72.4 Å². The molecule has 39 heavy (non-hydrogen) atoms. The van der Waals surface area contributed by atoms with Crippen LogP contribution in [0.25, 0.3) is 11.1 Å². The maximum atomic E-state index is 10.9. The van der Waals surface area contributed by atoms with Crippen LogP contribution in [0.5, 0.6) is 11.5 Å². The number of rotatable bonds is 12. The number of benzene rings is 3. The van der Waals surface area contributed by atoms with Gasteiger partial charge in [0, 0.05) is 12.7 Å². The predicted molar refractivity (Wildman–Crippen MR) is 162 cm³/mol. The van der Waals surface area contributed by atoms with E-state index >= 15 is 0 Å². The lowest BCUT2D eigenvalue weighted by molar-refractivity contribution is 0.0199. The van der Waals surface area contributed by atoms with E-state index in [0.717, 1.165) is 34.5 Å². The van der Waals surface area contributed by atoms with Gasteiger partial charge in [0.2, 0.25) is 0 Å². The van der Waals surface area contributed by atoms with Gasteiger partial charge in [0.15, 0.2) is 8.32 Å². The van der Waals surface area contributed by atoms with E-state index in [9.17, 15) is 4.79 Å². The van der Waals surface area contributed by atoms with E-state index in [-0.39, 0.29) is 11.1 Å². The zero-order chi connectivity index (χ0) is 28.8. The Hall–Kier alpha value is -2.93. The van der Waals surface area contributed by atoms with Crippen molar-refractivity contribution < 1.29 is 23.4 Å². The van der Waals surface area contributed by atoms with Gasteiger partial charge < -0.3 is 18.6 Å². The molecule has 0 saturated heterocycles. The van der Waals surface area contributed by atoms with Crippen molar-refractivity contribution >= 4 is 14.6 Å². The van der Waals surface area contributed by atoms with E-state index in [1.807, 2.05) is 12.1 Å². The standard InChI is InChI=1S/C33H44O5Si/c1-23-17-29(37-21-30(35-7)22-38-39(8,9)33(4,5)6)18-24(2)32(23)31-12-10-11-27(25(31)3)20-36-28-15-13-26(19-34)14-16-28/h10-19,30H,20-22H2,1-9H3/t30-/m1/s1. The van der Waals surface area contributed by atoms with Gasteiger partial charge in [0.05, 0.1) is 6.61 Å². The average molecular weight is 549 g/mol. The lowest BCUT2D eigenvalue weighted by Gasteiger charge is -2.37. The molecule has 0 bridgehead atoms. The van der Waals surface area contributed by atoms with E-state index in [1.54, 1.807) is 19.2 Å². The molecule has 0 aliphatic rings. The third-order valence-electron chi connectivity index (χ3n) is 7.84. The zero-order valence-corrected chi connectivity index (χ0v) is 26.0.